The molecule has 2 aliphatic carbocycles. The molecule has 24 N–H and O–H groups in total. The van der Waals surface area contributed by atoms with Gasteiger partial charge in [-0.25, -0.2) is 9.97 Å². The summed E-state index contributed by atoms with van der Waals surface area (Å²) in [5, 5.41) is 99.1. The first-order valence-electron chi connectivity index (χ1n) is 44.2. The minimum atomic E-state index is -2.58. The van der Waals surface area contributed by atoms with Crippen LogP contribution in [0.1, 0.15) is 143 Å². The lowest BCUT2D eigenvalue weighted by molar-refractivity contribution is -0.247. The summed E-state index contributed by atoms with van der Waals surface area (Å²) in [4.78, 5) is 251. The molecular formula is C90H106N20O26S. The van der Waals surface area contributed by atoms with Crippen LogP contribution in [-0.4, -0.2) is 302 Å². The Labute approximate surface area is 785 Å². The number of benzene rings is 4. The number of likely N-dealkylation sites (tertiary alicyclic amines) is 1. The Morgan fingerprint density at radius 2 is 1.27 bits per heavy atom. The third kappa shape index (κ3) is 23.8. The molecule has 0 bridgehead atoms. The molecule has 728 valence electrons. The molecule has 8 aromatic rings. The number of ketones is 4. The van der Waals surface area contributed by atoms with Crippen molar-refractivity contribution in [3.05, 3.63) is 160 Å². The van der Waals surface area contributed by atoms with E-state index in [2.05, 4.69) is 101 Å². The maximum absolute atomic E-state index is 15.4. The number of para-hydroxylation sites is 2. The number of rotatable bonds is 45. The first kappa shape index (κ1) is 100. The van der Waals surface area contributed by atoms with Gasteiger partial charge in [0.15, 0.2) is 24.5 Å². The summed E-state index contributed by atoms with van der Waals surface area (Å²) in [5.74, 6) is -17.4. The lowest BCUT2D eigenvalue weighted by Crippen LogP contribution is -2.61. The number of hydrogen-bond acceptors (Lipinski definition) is 31. The molecule has 0 unspecified atom stereocenters. The van der Waals surface area contributed by atoms with E-state index in [1.165, 1.54) is 68.4 Å². The van der Waals surface area contributed by atoms with Crippen molar-refractivity contribution in [1.82, 2.24) is 88.0 Å². The van der Waals surface area contributed by atoms with E-state index in [1.807, 2.05) is 0 Å². The molecule has 11 amide bonds. The Bertz CT molecular complexity index is 5920. The predicted molar refractivity (Wildman–Crippen MR) is 483 cm³/mol. The van der Waals surface area contributed by atoms with Gasteiger partial charge in [-0.15, -0.1) is 0 Å². The van der Waals surface area contributed by atoms with Gasteiger partial charge in [-0.3, -0.25) is 76.7 Å². The number of fused-ring (bicyclic) bond motifs is 5. The number of methoxy groups -OCH3 is 1. The fourth-order valence-corrected chi connectivity index (χ4v) is 17.8. The van der Waals surface area contributed by atoms with E-state index in [0.717, 1.165) is 0 Å². The number of imidazole rings is 2. The van der Waals surface area contributed by atoms with E-state index in [0.29, 0.717) is 44.8 Å². The molecule has 3 saturated heterocycles. The minimum absolute atomic E-state index is 0.00791. The van der Waals surface area contributed by atoms with Gasteiger partial charge in [0.25, 0.3) is 0 Å². The normalized spacial score (nSPS) is 20.7. The van der Waals surface area contributed by atoms with Crippen molar-refractivity contribution in [2.45, 2.75) is 200 Å². The summed E-state index contributed by atoms with van der Waals surface area (Å²) in [6, 6.07) is 1.73. The van der Waals surface area contributed by atoms with Gasteiger partial charge in [0.05, 0.1) is 91.8 Å². The standard InChI is InChI=1S/C90H106N20O26S/c1-42-76(118)51(91)27-71(135-42)136-66-30-90(132,29-50-73(66)80(122)75-74(78(50)120)77(119)49-13-9-18-65(133-2)72(49)79(75)121)67(113)35-101-134-38-64(112)62(39-137)95-21-8-7-16-55(89(131)110-22-10-17-63(110)88(130)98-36-68(92)114)103-82(124)56(23-43-31-96-52-14-5-3-11-47(43)52)105-86(128)60(28-70(116)117)108-85(127)59(26-46-34-94-41-100-46)107-87(129)61(37-111)109-83(125)57(24-44-32-97-53-15-6-4-12-48(44)53)104-84(126)58(25-45-33-93-40-99-45)106-81(123)54-19-20-69(115)102-54/h3-6,9,11-15,18,31-35,40-42,51,54-63,66,71,76,95-97,111,118,120,122,132,137H,7-8,10,16-17,19-30,36-39,91H2,1-2H3,(H2,92,114)(H,93,99)(H,94,100)(H,98,130)(H,102,115)(H,103,124)(H,104,126)(H,105,128)(H,106,123)(H,107,129)(H,108,127)(H,109,125)(H,116,117)/b101-35+/t42-,51-,54-,55-,56-,57-,58-,59-,60-,61-,62-,63-,66-,71-,76+,90-/m0/s1. The van der Waals surface area contributed by atoms with Crippen LogP contribution in [0.3, 0.4) is 0 Å². The van der Waals surface area contributed by atoms with Gasteiger partial charge in [0.1, 0.15) is 83.4 Å². The quantitative estimate of drug-likeness (QED) is 0.00586. The highest BCUT2D eigenvalue weighted by molar-refractivity contribution is 7.80. The van der Waals surface area contributed by atoms with Crippen LogP contribution < -0.4 is 69.4 Å². The number of ether oxygens (including phenoxy) is 3. The van der Waals surface area contributed by atoms with Crippen LogP contribution in [0.2, 0.25) is 0 Å². The topological polar surface area (TPSA) is 708 Å². The molecule has 3 fully saturated rings. The molecule has 0 spiro atoms. The number of amides is 11. The third-order valence-corrected chi connectivity index (χ3v) is 25.0. The Balaban J connectivity index is 0.687. The highest BCUT2D eigenvalue weighted by Crippen LogP contribution is 2.53. The molecule has 137 heavy (non-hydrogen) atoms. The van der Waals surface area contributed by atoms with Gasteiger partial charge in [-0.1, -0.05) is 53.7 Å². The smallest absolute Gasteiger partial charge is 0.305 e. The lowest BCUT2D eigenvalue weighted by Gasteiger charge is -2.42. The monoisotopic (exact) mass is 1910 g/mol. The fourth-order valence-electron chi connectivity index (χ4n) is 17.5. The zero-order chi connectivity index (χ0) is 98.2. The highest BCUT2D eigenvalue weighted by atomic mass is 32.1. The largest absolute Gasteiger partial charge is 0.507 e. The summed E-state index contributed by atoms with van der Waals surface area (Å²) < 4.78 is 17.5. The van der Waals surface area contributed by atoms with E-state index in [9.17, 15) is 93.0 Å². The summed E-state index contributed by atoms with van der Waals surface area (Å²) in [6.45, 7) is -1.03. The number of nitrogens with zero attached hydrogens (tertiary/aromatic N) is 4. The number of carbonyl (C=O) groups excluding carboxylic acids is 15. The Hall–Kier alpha value is -14.4. The molecule has 7 heterocycles. The number of nitrogens with two attached hydrogens (primary N) is 2. The van der Waals surface area contributed by atoms with Gasteiger partial charge >= 0.3 is 5.97 Å². The second-order valence-corrected chi connectivity index (χ2v) is 34.4. The summed E-state index contributed by atoms with van der Waals surface area (Å²) >= 11 is 4.37. The second-order valence-electron chi connectivity index (χ2n) is 34.0. The number of hydrogen-bond donors (Lipinski definition) is 23. The molecular weight excluding hydrogens is 1810 g/mol. The molecule has 4 aromatic carbocycles. The number of thiol groups is 1. The van der Waals surface area contributed by atoms with Crippen LogP contribution in [0.25, 0.3) is 21.8 Å². The number of phenolic OH excluding ortho intramolecular Hbond substituents is 2. The third-order valence-electron chi connectivity index (χ3n) is 24.6. The molecule has 13 rings (SSSR count). The lowest BCUT2D eigenvalue weighted by atomic mass is 9.72. The van der Waals surface area contributed by atoms with E-state index < -0.39 is 253 Å². The van der Waals surface area contributed by atoms with Crippen LogP contribution in [0.15, 0.2) is 109 Å². The van der Waals surface area contributed by atoms with Crippen molar-refractivity contribution in [2.75, 3.05) is 45.7 Å². The first-order chi connectivity index (χ1) is 65.6. The van der Waals surface area contributed by atoms with E-state index >= 15 is 14.4 Å². The Morgan fingerprint density at radius 1 is 0.693 bits per heavy atom. The number of Topliss-reactive ketones (excluding diaryl/α,β-unsaturated/α-hetero) is 2. The number of carboxylic acids is 1. The average Bonchev–Trinajstić information content (AvgIpc) is 1.06. The molecule has 3 aliphatic heterocycles. The van der Waals surface area contributed by atoms with Crippen LogP contribution in [0, 0.1) is 0 Å². The van der Waals surface area contributed by atoms with Crippen molar-refractivity contribution in [1.29, 1.82) is 0 Å². The van der Waals surface area contributed by atoms with E-state index in [4.69, 9.17) is 30.5 Å². The number of aliphatic carboxylic acids is 1. The zero-order valence-corrected chi connectivity index (χ0v) is 75.0. The Morgan fingerprint density at radius 3 is 1.84 bits per heavy atom. The van der Waals surface area contributed by atoms with Crippen LogP contribution in [0.5, 0.6) is 17.2 Å². The van der Waals surface area contributed by atoms with Crippen LogP contribution in [-0.2, 0) is 114 Å². The van der Waals surface area contributed by atoms with Crippen molar-refractivity contribution >= 4 is 135 Å². The number of primary amides is 1. The number of aromatic nitrogens is 6. The van der Waals surface area contributed by atoms with E-state index in [1.54, 1.807) is 54.7 Å². The number of H-pyrrole nitrogens is 4. The number of unbranched alkanes of at least 4 members (excludes halogenated alkanes) is 1. The number of aromatic hydroxyl groups is 2. The molecule has 46 nitrogen and oxygen atoms in total. The summed E-state index contributed by atoms with van der Waals surface area (Å²) in [7, 11) is 1.27. The van der Waals surface area contributed by atoms with Gasteiger partial charge < -0.3 is 139 Å². The number of aliphatic hydroxyl groups is 3. The average molecular weight is 1920 g/mol. The predicted octanol–water partition coefficient (Wildman–Crippen LogP) is -3.25. The van der Waals surface area contributed by atoms with Gasteiger partial charge in [-0.2, -0.15) is 12.6 Å². The highest BCUT2D eigenvalue weighted by Gasteiger charge is 2.51. The fraction of sp³-hybridized carbons (Fsp3) is 0.433. The van der Waals surface area contributed by atoms with E-state index in [-0.39, 0.29) is 129 Å². The van der Waals surface area contributed by atoms with Gasteiger partial charge in [0, 0.05) is 133 Å². The molecule has 16 atom stereocenters. The summed E-state index contributed by atoms with van der Waals surface area (Å²) in [6.07, 6.45) is 0.570. The number of carbonyl (C=O) groups is 16. The van der Waals surface area contributed by atoms with Crippen LogP contribution >= 0.6 is 12.6 Å². The number of carboxylic acid groups (broad SMARTS) is 1. The van der Waals surface area contributed by atoms with Gasteiger partial charge in [-0.05, 0) is 81.3 Å². The van der Waals surface area contributed by atoms with Crippen molar-refractivity contribution in [3.8, 4) is 17.2 Å². The number of aliphatic hydroxyl groups excluding tert-OH is 2. The van der Waals surface area contributed by atoms with Crippen molar-refractivity contribution in [2.24, 2.45) is 16.6 Å². The zero-order valence-electron chi connectivity index (χ0n) is 74.1. The SMILES string of the molecule is COc1cccc2c1C(=O)c1c(O)c3c(c(O)c1C2=O)C[C@@](O)(C(=O)/C=N/OCC(=O)[C@H](CS)NCCCC[C@H](NC(=O)[C@H](Cc1c[nH]c2ccccc12)NC(=O)[C@H](CC(=O)O)NC(=O)[C@H](Cc1c[nH]cn1)NC(=O)[C@H](CO)NC(=O)[C@H](Cc1c[nH]c2ccccc12)NC(=O)[C@H](Cc1c[nH]cn1)NC(=O)[C@@H]1CCC(=O)N1)C(=O)N1CCC[C@H]1C(=O)NCC(N)=O)C[C@@H]3O[C@H]1C[C@H](N)[C@H](O)[C@H](C)O1. The number of aromatic amines is 4. The molecule has 4 aromatic heterocycles. The number of phenols is 2. The maximum Gasteiger partial charge on any atom is 0.305 e. The molecule has 0 saturated carbocycles. The van der Waals surface area contributed by atoms with Crippen LogP contribution in [0.4, 0.5) is 0 Å². The minimum Gasteiger partial charge on any atom is -0.507 e. The molecule has 5 aliphatic rings. The second kappa shape index (κ2) is 44.9. The van der Waals surface area contributed by atoms with Gasteiger partial charge in [0.2, 0.25) is 76.5 Å². The maximum atomic E-state index is 15.4. The van der Waals surface area contributed by atoms with Crippen molar-refractivity contribution < 1.29 is 126 Å². The molecule has 47 heteroatoms. The number of oxime groups is 1. The summed E-state index contributed by atoms with van der Waals surface area (Å²) in [5.41, 5.74) is 9.33. The van der Waals surface area contributed by atoms with Crippen molar-refractivity contribution in [3.63, 3.8) is 0 Å². The number of nitrogens with one attached hydrogen (secondary N) is 14. The Kier molecular flexibility index (Phi) is 32.8. The first-order valence-corrected chi connectivity index (χ1v) is 44.8. The molecule has 0 radical (unpaired) electrons.